The van der Waals surface area contributed by atoms with Crippen molar-refractivity contribution in [1.82, 2.24) is 20.5 Å². The molecule has 1 amide bonds. The number of nitrogens with zero attached hydrogens (tertiary/aromatic N) is 3. The Morgan fingerprint density at radius 2 is 2.04 bits per heavy atom. The first-order chi connectivity index (χ1) is 12.2. The predicted octanol–water partition coefficient (Wildman–Crippen LogP) is 2.97. The minimum Gasteiger partial charge on any atom is -0.411 e. The zero-order chi connectivity index (χ0) is 17.5. The Bertz CT molecular complexity index is 808. The Kier molecular flexibility index (Phi) is 5.79. The second kappa shape index (κ2) is 8.43. The maximum absolute atomic E-state index is 12.2. The Balaban J connectivity index is 1.49. The Hall–Kier alpha value is -2.67. The summed E-state index contributed by atoms with van der Waals surface area (Å²) in [6.45, 7) is 2.41. The molecule has 1 aromatic carbocycles. The molecule has 25 heavy (non-hydrogen) atoms. The normalized spacial score (nSPS) is 11.9. The van der Waals surface area contributed by atoms with Crippen LogP contribution in [0.2, 0.25) is 0 Å². The van der Waals surface area contributed by atoms with Gasteiger partial charge in [0.05, 0.1) is 10.8 Å². The van der Waals surface area contributed by atoms with Crippen molar-refractivity contribution in [3.63, 3.8) is 0 Å². The van der Waals surface area contributed by atoms with Gasteiger partial charge in [-0.05, 0) is 31.0 Å². The number of rotatable bonds is 7. The lowest BCUT2D eigenvalue weighted by molar-refractivity contribution is -0.120. The number of pyridine rings is 1. The molecule has 7 heteroatoms. The summed E-state index contributed by atoms with van der Waals surface area (Å²) < 4.78 is 5.59. The average molecular weight is 354 g/mol. The zero-order valence-corrected chi connectivity index (χ0v) is 14.6. The number of amides is 1. The molecular weight excluding hydrogens is 336 g/mol. The van der Waals surface area contributed by atoms with Gasteiger partial charge in [-0.1, -0.05) is 42.1 Å². The van der Waals surface area contributed by atoms with Gasteiger partial charge in [0.15, 0.2) is 0 Å². The molecule has 3 aromatic rings. The van der Waals surface area contributed by atoms with E-state index < -0.39 is 0 Å². The number of thioether (sulfide) groups is 1. The molecule has 6 nitrogen and oxygen atoms in total. The molecule has 2 aromatic heterocycles. The number of hydrogen-bond acceptors (Lipinski definition) is 6. The summed E-state index contributed by atoms with van der Waals surface area (Å²) in [5.74, 6) is 0.342. The molecule has 1 unspecified atom stereocenters. The van der Waals surface area contributed by atoms with E-state index in [9.17, 15) is 4.79 Å². The van der Waals surface area contributed by atoms with Crippen molar-refractivity contribution in [3.05, 3.63) is 60.4 Å². The van der Waals surface area contributed by atoms with Crippen LogP contribution >= 0.6 is 11.8 Å². The highest BCUT2D eigenvalue weighted by molar-refractivity contribution is 8.00. The minimum absolute atomic E-state index is 0.0536. The molecule has 0 saturated heterocycles. The third-order valence-corrected chi connectivity index (χ3v) is 4.45. The first-order valence-electron chi connectivity index (χ1n) is 7.94. The van der Waals surface area contributed by atoms with Crippen molar-refractivity contribution < 1.29 is 9.21 Å². The van der Waals surface area contributed by atoms with Crippen LogP contribution in [-0.2, 0) is 11.2 Å². The van der Waals surface area contributed by atoms with Crippen molar-refractivity contribution in [2.75, 3.05) is 6.54 Å². The smallest absolute Gasteiger partial charge is 0.277 e. The van der Waals surface area contributed by atoms with Gasteiger partial charge in [-0.15, -0.1) is 10.2 Å². The van der Waals surface area contributed by atoms with Crippen LogP contribution in [0.3, 0.4) is 0 Å². The van der Waals surface area contributed by atoms with E-state index in [1.165, 1.54) is 17.3 Å². The fourth-order valence-corrected chi connectivity index (χ4v) is 2.89. The number of hydrogen-bond donors (Lipinski definition) is 1. The molecular formula is C18H18N4O2S. The Morgan fingerprint density at radius 1 is 1.20 bits per heavy atom. The van der Waals surface area contributed by atoms with Crippen molar-refractivity contribution >= 4 is 17.7 Å². The summed E-state index contributed by atoms with van der Waals surface area (Å²) >= 11 is 1.24. The van der Waals surface area contributed by atoms with Gasteiger partial charge in [-0.3, -0.25) is 9.78 Å². The van der Waals surface area contributed by atoms with Gasteiger partial charge >= 0.3 is 0 Å². The molecule has 0 fully saturated rings. The summed E-state index contributed by atoms with van der Waals surface area (Å²) in [6.07, 6.45) is 4.13. The van der Waals surface area contributed by atoms with Gasteiger partial charge in [-0.25, -0.2) is 0 Å². The number of carbonyl (C=O) groups excluding carboxylic acids is 1. The summed E-state index contributed by atoms with van der Waals surface area (Å²) in [4.78, 5) is 16.2. The van der Waals surface area contributed by atoms with Gasteiger partial charge < -0.3 is 9.73 Å². The first kappa shape index (κ1) is 17.2. The van der Waals surface area contributed by atoms with E-state index in [0.29, 0.717) is 17.7 Å². The molecule has 3 rings (SSSR count). The van der Waals surface area contributed by atoms with E-state index in [2.05, 4.69) is 20.5 Å². The van der Waals surface area contributed by atoms with Crippen LogP contribution in [0, 0.1) is 0 Å². The predicted molar refractivity (Wildman–Crippen MR) is 96.0 cm³/mol. The molecule has 0 bridgehead atoms. The highest BCUT2D eigenvalue weighted by Crippen LogP contribution is 2.25. The standard InChI is InChI=1S/C18H18N4O2S/c1-13(16(23)20-11-9-14-6-3-2-4-7-14)25-18-22-21-17(24-18)15-8-5-10-19-12-15/h2-8,10,12-13H,9,11H2,1H3,(H,20,23). The molecule has 0 spiro atoms. The van der Waals surface area contributed by atoms with E-state index in [1.807, 2.05) is 43.3 Å². The fourth-order valence-electron chi connectivity index (χ4n) is 2.19. The van der Waals surface area contributed by atoms with Crippen LogP contribution in [0.25, 0.3) is 11.5 Å². The minimum atomic E-state index is -0.321. The summed E-state index contributed by atoms with van der Waals surface area (Å²) in [7, 11) is 0. The van der Waals surface area contributed by atoms with Crippen LogP contribution in [0.15, 0.2) is 64.5 Å². The third kappa shape index (κ3) is 4.90. The van der Waals surface area contributed by atoms with Crippen molar-refractivity contribution in [2.45, 2.75) is 23.8 Å². The van der Waals surface area contributed by atoms with Crippen LogP contribution in [-0.4, -0.2) is 32.9 Å². The van der Waals surface area contributed by atoms with Gasteiger partial charge in [0, 0.05) is 18.9 Å². The number of benzene rings is 1. The SMILES string of the molecule is CC(Sc1nnc(-c2cccnc2)o1)C(=O)NCCc1ccccc1. The second-order valence-electron chi connectivity index (χ2n) is 5.40. The highest BCUT2D eigenvalue weighted by atomic mass is 32.2. The molecule has 2 heterocycles. The maximum atomic E-state index is 12.2. The van der Waals surface area contributed by atoms with Gasteiger partial charge in [0.1, 0.15) is 0 Å². The third-order valence-electron chi connectivity index (χ3n) is 3.52. The molecule has 0 saturated carbocycles. The molecule has 0 radical (unpaired) electrons. The summed E-state index contributed by atoms with van der Waals surface area (Å²) in [5, 5.41) is 10.9. The molecule has 128 valence electrons. The van der Waals surface area contributed by atoms with E-state index in [-0.39, 0.29) is 11.2 Å². The van der Waals surface area contributed by atoms with Gasteiger partial charge in [0.2, 0.25) is 11.8 Å². The quantitative estimate of drug-likeness (QED) is 0.657. The first-order valence-corrected chi connectivity index (χ1v) is 8.82. The van der Waals surface area contributed by atoms with E-state index >= 15 is 0 Å². The summed E-state index contributed by atoms with van der Waals surface area (Å²) in [6, 6.07) is 13.7. The van der Waals surface area contributed by atoms with Crippen molar-refractivity contribution in [1.29, 1.82) is 0 Å². The monoisotopic (exact) mass is 354 g/mol. The number of aromatic nitrogens is 3. The fraction of sp³-hybridized carbons (Fsp3) is 0.222. The lowest BCUT2D eigenvalue weighted by atomic mass is 10.1. The molecule has 0 aliphatic rings. The van der Waals surface area contributed by atoms with Crippen LogP contribution in [0.4, 0.5) is 0 Å². The maximum Gasteiger partial charge on any atom is 0.277 e. The lowest BCUT2D eigenvalue weighted by Gasteiger charge is -2.09. The number of carbonyl (C=O) groups is 1. The van der Waals surface area contributed by atoms with Crippen LogP contribution in [0.5, 0.6) is 0 Å². The average Bonchev–Trinajstić information content (AvgIpc) is 3.12. The summed E-state index contributed by atoms with van der Waals surface area (Å²) in [5.41, 5.74) is 1.95. The van der Waals surface area contributed by atoms with E-state index in [1.54, 1.807) is 18.5 Å². The van der Waals surface area contributed by atoms with E-state index in [0.717, 1.165) is 12.0 Å². The zero-order valence-electron chi connectivity index (χ0n) is 13.8. The second-order valence-corrected chi connectivity index (χ2v) is 6.69. The van der Waals surface area contributed by atoms with Crippen molar-refractivity contribution in [2.24, 2.45) is 0 Å². The Morgan fingerprint density at radius 3 is 2.80 bits per heavy atom. The largest absolute Gasteiger partial charge is 0.411 e. The van der Waals surface area contributed by atoms with Gasteiger partial charge in [0.25, 0.3) is 5.22 Å². The molecule has 1 N–H and O–H groups in total. The molecule has 0 aliphatic heterocycles. The topological polar surface area (TPSA) is 80.9 Å². The van der Waals surface area contributed by atoms with Gasteiger partial charge in [-0.2, -0.15) is 0 Å². The van der Waals surface area contributed by atoms with Crippen LogP contribution in [0.1, 0.15) is 12.5 Å². The highest BCUT2D eigenvalue weighted by Gasteiger charge is 2.18. The lowest BCUT2D eigenvalue weighted by Crippen LogP contribution is -2.32. The molecule has 1 atom stereocenters. The molecule has 0 aliphatic carbocycles. The van der Waals surface area contributed by atoms with Crippen LogP contribution < -0.4 is 5.32 Å². The van der Waals surface area contributed by atoms with E-state index in [4.69, 9.17) is 4.42 Å². The Labute approximate surface area is 150 Å². The van der Waals surface area contributed by atoms with Crippen molar-refractivity contribution in [3.8, 4) is 11.5 Å². The number of nitrogens with one attached hydrogen (secondary N) is 1.